The third kappa shape index (κ3) is 7.77. The summed E-state index contributed by atoms with van der Waals surface area (Å²) in [6.45, 7) is 0. The summed E-state index contributed by atoms with van der Waals surface area (Å²) in [5, 5.41) is 28.7. The van der Waals surface area contributed by atoms with Crippen LogP contribution in [0.25, 0.3) is 0 Å². The number of aromatic carboxylic acids is 1. The van der Waals surface area contributed by atoms with E-state index in [0.717, 1.165) is 12.1 Å². The summed E-state index contributed by atoms with van der Waals surface area (Å²) < 4.78 is 35.8. The Labute approximate surface area is 273 Å². The van der Waals surface area contributed by atoms with Crippen LogP contribution < -0.4 is 74.9 Å². The van der Waals surface area contributed by atoms with Gasteiger partial charge in [-0.2, -0.15) is 0 Å². The van der Waals surface area contributed by atoms with Gasteiger partial charge in [-0.1, -0.05) is 42.5 Å². The predicted octanol–water partition coefficient (Wildman–Crippen LogP) is -2.41. The van der Waals surface area contributed by atoms with E-state index >= 15 is 0 Å². The van der Waals surface area contributed by atoms with Gasteiger partial charge < -0.3 is 25.1 Å². The van der Waals surface area contributed by atoms with Crippen LogP contribution in [0.15, 0.2) is 95.9 Å². The van der Waals surface area contributed by atoms with Crippen LogP contribution in [0.1, 0.15) is 26.3 Å². The molecule has 40 heavy (non-hydrogen) atoms. The average Bonchev–Trinajstić information content (AvgIpc) is 2.89. The Balaban J connectivity index is 0.00000280. The first kappa shape index (κ1) is 33.1. The molecule has 0 atom stereocenters. The number of hydrogen-bond donors (Lipinski definition) is 2. The Hall–Kier alpha value is -3.07. The second-order valence-electron chi connectivity index (χ2n) is 7.93. The number of hydrogen-bond acceptors (Lipinski definition) is 10. The maximum atomic E-state index is 12.9. The molecule has 0 aliphatic carbocycles. The maximum Gasteiger partial charge on any atom is 1.00 e. The molecule has 192 valence electrons. The van der Waals surface area contributed by atoms with Crippen LogP contribution >= 0.6 is 0 Å². The number of nitro benzene ring substituents is 1. The van der Waals surface area contributed by atoms with Gasteiger partial charge in [-0.3, -0.25) is 14.9 Å². The first-order chi connectivity index (χ1) is 18.0. The molecule has 2 N–H and O–H groups in total. The van der Waals surface area contributed by atoms with Crippen LogP contribution in [0, 0.1) is 10.1 Å². The second kappa shape index (κ2) is 14.0. The molecule has 4 rings (SSSR count). The van der Waals surface area contributed by atoms with Crippen molar-refractivity contribution in [1.82, 2.24) is 0 Å². The molecular weight excluding hydrogens is 560 g/mol. The molecule has 0 saturated heterocycles. The van der Waals surface area contributed by atoms with E-state index in [4.69, 9.17) is 0 Å². The number of anilines is 4. The minimum atomic E-state index is -4.94. The van der Waals surface area contributed by atoms with Crippen LogP contribution in [-0.2, 0) is 10.1 Å². The summed E-state index contributed by atoms with van der Waals surface area (Å²) in [5.41, 5.74) is -0.749. The van der Waals surface area contributed by atoms with Crippen LogP contribution in [-0.4, -0.2) is 29.6 Å². The van der Waals surface area contributed by atoms with Crippen molar-refractivity contribution in [3.8, 4) is 0 Å². The Morgan fingerprint density at radius 1 is 0.725 bits per heavy atom. The minimum Gasteiger partial charge on any atom is -0.744 e. The fraction of sp³-hybridized carbons (Fsp3) is 0. The Morgan fingerprint density at radius 3 is 1.90 bits per heavy atom. The van der Waals surface area contributed by atoms with E-state index in [1.54, 1.807) is 30.3 Å². The van der Waals surface area contributed by atoms with E-state index in [-0.39, 0.29) is 92.9 Å². The van der Waals surface area contributed by atoms with E-state index in [2.05, 4.69) is 10.6 Å². The van der Waals surface area contributed by atoms with Gasteiger partial charge in [-0.15, -0.1) is 0 Å². The number of carboxylic acid groups (broad SMARTS) is 1. The molecule has 0 aliphatic heterocycles. The predicted molar refractivity (Wildman–Crippen MR) is 135 cm³/mol. The number of nitro groups is 1. The molecule has 0 fully saturated rings. The molecule has 0 unspecified atom stereocenters. The van der Waals surface area contributed by atoms with Crippen molar-refractivity contribution >= 4 is 50.3 Å². The summed E-state index contributed by atoms with van der Waals surface area (Å²) in [6.07, 6.45) is 0. The summed E-state index contributed by atoms with van der Waals surface area (Å²) >= 11 is 0. The number of benzene rings is 4. The van der Waals surface area contributed by atoms with Crippen LogP contribution in [0.5, 0.6) is 0 Å². The molecule has 0 radical (unpaired) electrons. The number of carbonyl (C=O) groups is 2. The van der Waals surface area contributed by atoms with Gasteiger partial charge in [0.1, 0.15) is 15.8 Å². The van der Waals surface area contributed by atoms with E-state index in [1.165, 1.54) is 48.5 Å². The Kier molecular flexibility index (Phi) is 11.6. The zero-order valence-corrected chi connectivity index (χ0v) is 26.1. The summed E-state index contributed by atoms with van der Waals surface area (Å²) in [4.78, 5) is 34.7. The zero-order valence-electron chi connectivity index (χ0n) is 21.3. The van der Waals surface area contributed by atoms with Crippen LogP contribution in [0.2, 0.25) is 0 Å². The summed E-state index contributed by atoms with van der Waals surface area (Å²) in [5.74, 6) is -2.34. The van der Waals surface area contributed by atoms with Gasteiger partial charge in [-0.25, -0.2) is 8.42 Å². The van der Waals surface area contributed by atoms with Gasteiger partial charge >= 0.3 is 59.1 Å². The normalized spacial score (nSPS) is 10.4. The number of rotatable bonds is 9. The Morgan fingerprint density at radius 2 is 1.30 bits per heavy atom. The van der Waals surface area contributed by atoms with E-state index < -0.39 is 37.4 Å². The van der Waals surface area contributed by atoms with Gasteiger partial charge in [0.15, 0.2) is 5.78 Å². The van der Waals surface area contributed by atoms with Gasteiger partial charge in [-0.05, 0) is 42.5 Å². The fourth-order valence-corrected chi connectivity index (χ4v) is 4.35. The van der Waals surface area contributed by atoms with Crippen molar-refractivity contribution < 1.29 is 91.7 Å². The van der Waals surface area contributed by atoms with Gasteiger partial charge in [0.2, 0.25) is 0 Å². The number of nitrogens with zero attached hydrogens (tertiary/aromatic N) is 1. The third-order valence-corrected chi connectivity index (χ3v) is 6.31. The molecule has 4 aromatic rings. The molecule has 0 spiro atoms. The fourth-order valence-electron chi connectivity index (χ4n) is 3.69. The van der Waals surface area contributed by atoms with Crippen molar-refractivity contribution in [2.45, 2.75) is 4.90 Å². The van der Waals surface area contributed by atoms with Gasteiger partial charge in [0, 0.05) is 34.1 Å². The first-order valence-corrected chi connectivity index (χ1v) is 12.3. The van der Waals surface area contributed by atoms with Crippen molar-refractivity contribution in [1.29, 1.82) is 0 Å². The quantitative estimate of drug-likeness (QED) is 0.0715. The molecule has 0 saturated carbocycles. The van der Waals surface area contributed by atoms with Crippen LogP contribution in [0.4, 0.5) is 28.4 Å². The minimum absolute atomic E-state index is 0. The van der Waals surface area contributed by atoms with Crippen molar-refractivity contribution in [3.63, 3.8) is 0 Å². The van der Waals surface area contributed by atoms with E-state index in [9.17, 15) is 37.8 Å². The van der Waals surface area contributed by atoms with E-state index in [1.807, 2.05) is 0 Å². The number of ketones is 1. The monoisotopic (exact) mass is 577 g/mol. The number of nitrogens with one attached hydrogen (secondary N) is 2. The molecule has 0 bridgehead atoms. The molecule has 4 aromatic carbocycles. The summed E-state index contributed by atoms with van der Waals surface area (Å²) in [6, 6.07) is 21.1. The maximum absolute atomic E-state index is 12.9. The smallest absolute Gasteiger partial charge is 0.744 e. The largest absolute Gasteiger partial charge is 1.00 e. The molecule has 11 nitrogen and oxygen atoms in total. The van der Waals surface area contributed by atoms with Crippen LogP contribution in [0.3, 0.4) is 0 Å². The molecule has 0 heterocycles. The van der Waals surface area contributed by atoms with E-state index in [0.29, 0.717) is 5.69 Å². The topological polar surface area (TPSA) is 182 Å². The summed E-state index contributed by atoms with van der Waals surface area (Å²) in [7, 11) is -4.94. The zero-order chi connectivity index (χ0) is 27.4. The van der Waals surface area contributed by atoms with Gasteiger partial charge in [0.25, 0.3) is 5.69 Å². The second-order valence-corrected chi connectivity index (χ2v) is 9.28. The number of carbonyl (C=O) groups excluding carboxylic acids is 2. The van der Waals surface area contributed by atoms with Crippen molar-refractivity contribution in [2.24, 2.45) is 0 Å². The standard InChI is InChI=1S/C26H19N3O8S.2Na/c30-25(19-8-4-5-9-20(19)26(31)32)16-10-12-21(23(14-16)29(33)34)28-18-11-13-22(24(15-18)38(35,36)37)27-17-6-2-1-3-7-17;;/h1-15,27-28H,(H,31,32)(H,35,36,37);;/q;2*+1/p-2. The SMILES string of the molecule is O=C([O-])c1ccccc1C(=O)c1ccc(Nc2ccc(Nc3ccccc3)c(S(=O)(=O)[O-])c2)c([N+](=O)[O-])c1.[Na+].[Na+]. The molecule has 0 amide bonds. The van der Waals surface area contributed by atoms with Crippen molar-refractivity contribution in [2.75, 3.05) is 10.6 Å². The molecule has 14 heteroatoms. The molecule has 0 aliphatic rings. The number of para-hydroxylation sites is 1. The number of carboxylic acids is 1. The molecule has 0 aromatic heterocycles. The molecular formula is C26H17N3Na2O8S. The third-order valence-electron chi connectivity index (χ3n) is 5.43. The van der Waals surface area contributed by atoms with Gasteiger partial charge in [0.05, 0.1) is 21.5 Å². The Bertz CT molecular complexity index is 1680. The van der Waals surface area contributed by atoms with Crippen molar-refractivity contribution in [3.05, 3.63) is 118 Å². The average molecular weight is 577 g/mol. The first-order valence-electron chi connectivity index (χ1n) is 10.9.